The molecule has 1 aromatic heterocycles. The van der Waals surface area contributed by atoms with Crippen LogP contribution in [0.1, 0.15) is 25.7 Å². The molecular formula is C20H23FN2O3S. The maximum absolute atomic E-state index is 13.1. The lowest BCUT2D eigenvalue weighted by molar-refractivity contribution is -0.0271. The van der Waals surface area contributed by atoms with Gasteiger partial charge in [0.15, 0.2) is 0 Å². The minimum absolute atomic E-state index is 0.153. The summed E-state index contributed by atoms with van der Waals surface area (Å²) in [5.74, 6) is 0.699. The topological polar surface area (TPSA) is 59.5 Å². The fourth-order valence-corrected chi connectivity index (χ4v) is 4.86. The molecule has 1 aromatic carbocycles. The van der Waals surface area contributed by atoms with E-state index in [4.69, 9.17) is 4.18 Å². The third-order valence-electron chi connectivity index (χ3n) is 5.71. The van der Waals surface area contributed by atoms with Gasteiger partial charge in [0, 0.05) is 24.8 Å². The molecule has 2 fully saturated rings. The van der Waals surface area contributed by atoms with E-state index in [1.165, 1.54) is 12.1 Å². The Morgan fingerprint density at radius 1 is 1.07 bits per heavy atom. The molecule has 7 heteroatoms. The Labute approximate surface area is 159 Å². The molecule has 5 nitrogen and oxygen atoms in total. The number of rotatable bonds is 4. The zero-order chi connectivity index (χ0) is 19.1. The molecule has 2 heterocycles. The number of nitrogens with zero attached hydrogens (tertiary/aromatic N) is 2. The molecule has 27 heavy (non-hydrogen) atoms. The average Bonchev–Trinajstić information content (AvgIpc) is 2.61. The number of aromatic nitrogens is 1. The highest BCUT2D eigenvalue weighted by Gasteiger charge is 2.47. The van der Waals surface area contributed by atoms with Crippen LogP contribution >= 0.6 is 0 Å². The van der Waals surface area contributed by atoms with Gasteiger partial charge in [0.1, 0.15) is 11.6 Å². The summed E-state index contributed by atoms with van der Waals surface area (Å²) in [4.78, 5) is 6.85. The highest BCUT2D eigenvalue weighted by atomic mass is 32.2. The first-order valence-corrected chi connectivity index (χ1v) is 11.0. The molecule has 4 rings (SSSR count). The number of pyridine rings is 1. The van der Waals surface area contributed by atoms with Crippen LogP contribution in [0.15, 0.2) is 42.6 Å². The summed E-state index contributed by atoms with van der Waals surface area (Å²) >= 11 is 0. The van der Waals surface area contributed by atoms with Gasteiger partial charge in [-0.2, -0.15) is 8.42 Å². The second-order valence-corrected chi connectivity index (χ2v) is 9.33. The maximum atomic E-state index is 13.1. The average molecular weight is 390 g/mol. The largest absolute Gasteiger partial charge is 0.357 e. The van der Waals surface area contributed by atoms with Crippen LogP contribution in [0.2, 0.25) is 0 Å². The van der Waals surface area contributed by atoms with Crippen molar-refractivity contribution in [1.29, 1.82) is 0 Å². The summed E-state index contributed by atoms with van der Waals surface area (Å²) in [5, 5.41) is 0. The Balaban J connectivity index is 1.34. The van der Waals surface area contributed by atoms with Gasteiger partial charge in [-0.3, -0.25) is 4.18 Å². The lowest BCUT2D eigenvalue weighted by atomic mass is 9.61. The van der Waals surface area contributed by atoms with Crippen molar-refractivity contribution < 1.29 is 17.0 Å². The van der Waals surface area contributed by atoms with Crippen molar-refractivity contribution in [2.24, 2.45) is 5.41 Å². The molecule has 1 spiro atoms. The van der Waals surface area contributed by atoms with Crippen molar-refractivity contribution in [2.45, 2.75) is 31.8 Å². The molecule has 144 valence electrons. The molecular weight excluding hydrogens is 367 g/mol. The molecule has 0 amide bonds. The number of hydrogen-bond acceptors (Lipinski definition) is 5. The molecule has 0 N–H and O–H groups in total. The predicted molar refractivity (Wildman–Crippen MR) is 102 cm³/mol. The first kappa shape index (κ1) is 18.4. The second kappa shape index (κ2) is 6.87. The van der Waals surface area contributed by atoms with Crippen LogP contribution in [0.3, 0.4) is 0 Å². The summed E-state index contributed by atoms with van der Waals surface area (Å²) < 4.78 is 40.6. The van der Waals surface area contributed by atoms with E-state index in [2.05, 4.69) is 9.88 Å². The van der Waals surface area contributed by atoms with Crippen LogP contribution in [-0.4, -0.2) is 38.9 Å². The predicted octanol–water partition coefficient (Wildman–Crippen LogP) is 3.61. The molecule has 1 saturated carbocycles. The van der Waals surface area contributed by atoms with Crippen LogP contribution in [0.5, 0.6) is 0 Å². The van der Waals surface area contributed by atoms with Gasteiger partial charge in [-0.25, -0.2) is 9.37 Å². The number of halogens is 1. The van der Waals surface area contributed by atoms with E-state index in [1.54, 1.807) is 12.1 Å². The van der Waals surface area contributed by atoms with Crippen molar-refractivity contribution in [2.75, 3.05) is 24.2 Å². The SMILES string of the molecule is CS(=O)(=O)OC1CC2(CCN(c3ccc(-c4ccc(F)cc4)cn3)CC2)C1. The Hall–Kier alpha value is -1.99. The Bertz CT molecular complexity index is 897. The molecule has 0 atom stereocenters. The monoisotopic (exact) mass is 390 g/mol. The fourth-order valence-electron chi connectivity index (χ4n) is 4.23. The normalized spacial score (nSPS) is 19.9. The van der Waals surface area contributed by atoms with E-state index in [0.717, 1.165) is 62.0 Å². The number of benzene rings is 1. The molecule has 2 aromatic rings. The zero-order valence-corrected chi connectivity index (χ0v) is 16.1. The van der Waals surface area contributed by atoms with Crippen molar-refractivity contribution in [1.82, 2.24) is 4.98 Å². The van der Waals surface area contributed by atoms with Gasteiger partial charge in [-0.05, 0) is 60.9 Å². The smallest absolute Gasteiger partial charge is 0.264 e. The van der Waals surface area contributed by atoms with Gasteiger partial charge in [-0.1, -0.05) is 12.1 Å². The van der Waals surface area contributed by atoms with E-state index in [-0.39, 0.29) is 17.3 Å². The number of piperidine rings is 1. The number of anilines is 1. The van der Waals surface area contributed by atoms with Crippen molar-refractivity contribution in [3.05, 3.63) is 48.4 Å². The Morgan fingerprint density at radius 3 is 2.26 bits per heavy atom. The second-order valence-electron chi connectivity index (χ2n) is 7.73. The molecule has 0 unspecified atom stereocenters. The summed E-state index contributed by atoms with van der Waals surface area (Å²) in [7, 11) is -3.36. The van der Waals surface area contributed by atoms with E-state index in [1.807, 2.05) is 18.3 Å². The van der Waals surface area contributed by atoms with Gasteiger partial charge in [0.25, 0.3) is 10.1 Å². The van der Waals surface area contributed by atoms with Gasteiger partial charge in [-0.15, -0.1) is 0 Å². The molecule has 0 bridgehead atoms. The van der Waals surface area contributed by atoms with Crippen LogP contribution in [0.25, 0.3) is 11.1 Å². The minimum atomic E-state index is -3.36. The van der Waals surface area contributed by atoms with Crippen molar-refractivity contribution in [3.63, 3.8) is 0 Å². The highest BCUT2D eigenvalue weighted by Crippen LogP contribution is 2.50. The maximum Gasteiger partial charge on any atom is 0.264 e. The standard InChI is InChI=1S/C20H23FN2O3S/c1-27(24,25)26-18-12-20(13-18)8-10-23(11-9-20)19-7-4-16(14-22-19)15-2-5-17(21)6-3-15/h2-7,14,18H,8-13H2,1H3. The molecule has 1 aliphatic heterocycles. The van der Waals surface area contributed by atoms with E-state index >= 15 is 0 Å². The summed E-state index contributed by atoms with van der Waals surface area (Å²) in [6.07, 6.45) is 6.49. The quantitative estimate of drug-likeness (QED) is 0.747. The molecule has 1 aliphatic carbocycles. The first-order chi connectivity index (χ1) is 12.8. The molecule has 1 saturated heterocycles. The summed E-state index contributed by atoms with van der Waals surface area (Å²) in [6, 6.07) is 10.4. The van der Waals surface area contributed by atoms with Crippen LogP contribution in [0, 0.1) is 11.2 Å². The van der Waals surface area contributed by atoms with Crippen molar-refractivity contribution >= 4 is 15.9 Å². The lowest BCUT2D eigenvalue weighted by Gasteiger charge is -2.51. The summed E-state index contributed by atoms with van der Waals surface area (Å²) in [6.45, 7) is 1.82. The van der Waals surface area contributed by atoms with E-state index < -0.39 is 10.1 Å². The lowest BCUT2D eigenvalue weighted by Crippen LogP contribution is -2.50. The van der Waals surface area contributed by atoms with Crippen molar-refractivity contribution in [3.8, 4) is 11.1 Å². The Kier molecular flexibility index (Phi) is 4.68. The highest BCUT2D eigenvalue weighted by molar-refractivity contribution is 7.86. The van der Waals surface area contributed by atoms with E-state index in [0.29, 0.717) is 0 Å². The zero-order valence-electron chi connectivity index (χ0n) is 15.3. The van der Waals surface area contributed by atoms with Gasteiger partial charge >= 0.3 is 0 Å². The third-order valence-corrected chi connectivity index (χ3v) is 6.33. The van der Waals surface area contributed by atoms with Gasteiger partial charge < -0.3 is 4.90 Å². The van der Waals surface area contributed by atoms with Gasteiger partial charge in [0.05, 0.1) is 12.4 Å². The molecule has 0 radical (unpaired) electrons. The number of hydrogen-bond donors (Lipinski definition) is 0. The summed E-state index contributed by atoms with van der Waals surface area (Å²) in [5.41, 5.74) is 2.13. The van der Waals surface area contributed by atoms with Gasteiger partial charge in [0.2, 0.25) is 0 Å². The van der Waals surface area contributed by atoms with E-state index in [9.17, 15) is 12.8 Å². The van der Waals surface area contributed by atoms with Crippen LogP contribution in [0.4, 0.5) is 10.2 Å². The minimum Gasteiger partial charge on any atom is -0.357 e. The fraction of sp³-hybridized carbons (Fsp3) is 0.450. The van der Waals surface area contributed by atoms with Crippen LogP contribution < -0.4 is 4.90 Å². The molecule has 2 aliphatic rings. The first-order valence-electron chi connectivity index (χ1n) is 9.17. The Morgan fingerprint density at radius 2 is 1.70 bits per heavy atom. The van der Waals surface area contributed by atoms with Crippen LogP contribution in [-0.2, 0) is 14.3 Å². The third kappa shape index (κ3) is 4.14.